The molecule has 1 amide bonds. The molecule has 0 saturated carbocycles. The van der Waals surface area contributed by atoms with Crippen molar-refractivity contribution in [3.63, 3.8) is 0 Å². The fraction of sp³-hybridized carbons (Fsp3) is 0.161. The predicted octanol–water partition coefficient (Wildman–Crippen LogP) is 5.97. The maximum Gasteiger partial charge on any atom is 0.272 e. The number of benzene rings is 2. The van der Waals surface area contributed by atoms with E-state index < -0.39 is 0 Å². The maximum atomic E-state index is 13.4. The van der Waals surface area contributed by atoms with Crippen LogP contribution in [0, 0.1) is 13.8 Å². The van der Waals surface area contributed by atoms with Crippen LogP contribution >= 0.6 is 0 Å². The molecule has 0 bridgehead atoms. The Hall–Kier alpha value is -4.78. The Labute approximate surface area is 220 Å². The number of amides is 1. The summed E-state index contributed by atoms with van der Waals surface area (Å²) in [6.45, 7) is 6.09. The molecule has 0 aliphatic carbocycles. The van der Waals surface area contributed by atoms with Gasteiger partial charge in [-0.05, 0) is 62.2 Å². The van der Waals surface area contributed by atoms with Gasteiger partial charge >= 0.3 is 0 Å². The highest BCUT2D eigenvalue weighted by Gasteiger charge is 2.21. The normalized spacial score (nSPS) is 11.8. The van der Waals surface area contributed by atoms with Gasteiger partial charge < -0.3 is 15.1 Å². The van der Waals surface area contributed by atoms with E-state index in [0.717, 1.165) is 22.3 Å². The SMILES string of the molecule is Cc1cc(C(C)Nc2cccnc2C(=O)NCc2ccncc2)c2oc(-c3ccccc3)c(C)c(=O)c2c1. The lowest BCUT2D eigenvalue weighted by Gasteiger charge is -2.20. The van der Waals surface area contributed by atoms with Crippen molar-refractivity contribution in [2.75, 3.05) is 5.32 Å². The molecular weight excluding hydrogens is 476 g/mol. The second-order valence-corrected chi connectivity index (χ2v) is 9.29. The molecular formula is C31H28N4O3. The van der Waals surface area contributed by atoms with Gasteiger partial charge in [0.15, 0.2) is 11.1 Å². The third-order valence-electron chi connectivity index (χ3n) is 6.49. The summed E-state index contributed by atoms with van der Waals surface area (Å²) in [5, 5.41) is 6.88. The lowest BCUT2D eigenvalue weighted by atomic mass is 9.98. The number of pyridine rings is 2. The molecule has 7 heteroatoms. The molecule has 2 aromatic carbocycles. The number of nitrogens with one attached hydrogen (secondary N) is 2. The Bertz CT molecular complexity index is 1660. The van der Waals surface area contributed by atoms with Crippen LogP contribution in [0.2, 0.25) is 0 Å². The Kier molecular flexibility index (Phi) is 7.00. The molecule has 0 saturated heterocycles. The van der Waals surface area contributed by atoms with Crippen LogP contribution in [-0.2, 0) is 6.54 Å². The van der Waals surface area contributed by atoms with Crippen molar-refractivity contribution in [2.24, 2.45) is 0 Å². The Morgan fingerprint density at radius 1 is 0.974 bits per heavy atom. The molecule has 0 aliphatic rings. The van der Waals surface area contributed by atoms with Crippen molar-refractivity contribution < 1.29 is 9.21 Å². The first-order valence-electron chi connectivity index (χ1n) is 12.4. The fourth-order valence-corrected chi connectivity index (χ4v) is 4.53. The minimum absolute atomic E-state index is 0.0557. The average Bonchev–Trinajstić information content (AvgIpc) is 2.95. The summed E-state index contributed by atoms with van der Waals surface area (Å²) in [5.41, 5.74) is 5.46. The van der Waals surface area contributed by atoms with E-state index in [1.807, 2.05) is 74.5 Å². The number of hydrogen-bond donors (Lipinski definition) is 2. The van der Waals surface area contributed by atoms with E-state index in [-0.39, 0.29) is 23.1 Å². The number of carbonyl (C=O) groups excluding carboxylic acids is 1. The van der Waals surface area contributed by atoms with E-state index in [9.17, 15) is 9.59 Å². The summed E-state index contributed by atoms with van der Waals surface area (Å²) in [4.78, 5) is 34.8. The van der Waals surface area contributed by atoms with Gasteiger partial charge in [-0.1, -0.05) is 36.4 Å². The van der Waals surface area contributed by atoms with Crippen molar-refractivity contribution >= 4 is 22.6 Å². The van der Waals surface area contributed by atoms with Crippen molar-refractivity contribution in [1.29, 1.82) is 0 Å². The first-order chi connectivity index (χ1) is 18.4. The second kappa shape index (κ2) is 10.7. The summed E-state index contributed by atoms with van der Waals surface area (Å²) in [7, 11) is 0. The molecule has 38 heavy (non-hydrogen) atoms. The molecule has 0 fully saturated rings. The summed E-state index contributed by atoms with van der Waals surface area (Å²) in [6, 6.07) is 20.5. The van der Waals surface area contributed by atoms with Gasteiger partial charge in [0.1, 0.15) is 11.3 Å². The van der Waals surface area contributed by atoms with Crippen LogP contribution in [0.15, 0.2) is 94.5 Å². The lowest BCUT2D eigenvalue weighted by Crippen LogP contribution is -2.25. The van der Waals surface area contributed by atoms with Gasteiger partial charge in [0.25, 0.3) is 5.91 Å². The van der Waals surface area contributed by atoms with Crippen molar-refractivity contribution in [2.45, 2.75) is 33.4 Å². The van der Waals surface area contributed by atoms with Crippen LogP contribution in [0.1, 0.15) is 45.7 Å². The topological polar surface area (TPSA) is 97.1 Å². The molecule has 190 valence electrons. The fourth-order valence-electron chi connectivity index (χ4n) is 4.53. The highest BCUT2D eigenvalue weighted by molar-refractivity contribution is 5.97. The number of aryl methyl sites for hydroxylation is 1. The van der Waals surface area contributed by atoms with E-state index in [4.69, 9.17) is 4.42 Å². The molecule has 7 nitrogen and oxygen atoms in total. The first-order valence-corrected chi connectivity index (χ1v) is 12.4. The molecule has 5 aromatic rings. The minimum Gasteiger partial charge on any atom is -0.455 e. The molecule has 3 aromatic heterocycles. The number of nitrogens with zero attached hydrogens (tertiary/aromatic N) is 2. The minimum atomic E-state index is -0.292. The molecule has 0 spiro atoms. The molecule has 1 unspecified atom stereocenters. The van der Waals surface area contributed by atoms with Crippen molar-refractivity contribution in [3.05, 3.63) is 123 Å². The second-order valence-electron chi connectivity index (χ2n) is 9.29. The van der Waals surface area contributed by atoms with Gasteiger partial charge in [-0.25, -0.2) is 4.98 Å². The van der Waals surface area contributed by atoms with Gasteiger partial charge in [-0.2, -0.15) is 0 Å². The van der Waals surface area contributed by atoms with E-state index in [1.54, 1.807) is 31.6 Å². The van der Waals surface area contributed by atoms with Crippen LogP contribution in [0.25, 0.3) is 22.3 Å². The zero-order chi connectivity index (χ0) is 26.6. The van der Waals surface area contributed by atoms with Crippen LogP contribution in [-0.4, -0.2) is 15.9 Å². The molecule has 0 radical (unpaired) electrons. The zero-order valence-corrected chi connectivity index (χ0v) is 21.5. The summed E-state index contributed by atoms with van der Waals surface area (Å²) in [6.07, 6.45) is 4.96. The molecule has 0 aliphatic heterocycles. The van der Waals surface area contributed by atoms with E-state index in [2.05, 4.69) is 20.6 Å². The number of carbonyl (C=O) groups is 1. The average molecular weight is 505 g/mol. The molecule has 2 N–H and O–H groups in total. The lowest BCUT2D eigenvalue weighted by molar-refractivity contribution is 0.0946. The smallest absolute Gasteiger partial charge is 0.272 e. The monoisotopic (exact) mass is 504 g/mol. The highest BCUT2D eigenvalue weighted by Crippen LogP contribution is 2.32. The van der Waals surface area contributed by atoms with Crippen LogP contribution in [0.4, 0.5) is 5.69 Å². The number of aromatic nitrogens is 2. The largest absolute Gasteiger partial charge is 0.455 e. The standard InChI is InChI=1S/C31H28N4O3/c1-19-16-24(30-25(17-19)28(36)20(2)29(38-30)23-8-5-4-6-9-23)21(3)35-26-10-7-13-33-27(26)31(37)34-18-22-11-14-32-15-12-22/h4-17,21,35H,18H2,1-3H3,(H,34,37). The third kappa shape index (κ3) is 5.04. The summed E-state index contributed by atoms with van der Waals surface area (Å²) < 4.78 is 6.43. The number of rotatable bonds is 7. The van der Waals surface area contributed by atoms with Gasteiger partial charge in [-0.3, -0.25) is 14.6 Å². The van der Waals surface area contributed by atoms with E-state index in [0.29, 0.717) is 34.5 Å². The van der Waals surface area contributed by atoms with Crippen molar-refractivity contribution in [3.8, 4) is 11.3 Å². The Morgan fingerprint density at radius 2 is 1.74 bits per heavy atom. The van der Waals surface area contributed by atoms with Crippen LogP contribution < -0.4 is 16.1 Å². The summed E-state index contributed by atoms with van der Waals surface area (Å²) >= 11 is 0. The van der Waals surface area contributed by atoms with Gasteiger partial charge in [0.05, 0.1) is 17.1 Å². The van der Waals surface area contributed by atoms with Gasteiger partial charge in [0.2, 0.25) is 0 Å². The van der Waals surface area contributed by atoms with Gasteiger partial charge in [-0.15, -0.1) is 0 Å². The predicted molar refractivity (Wildman–Crippen MR) is 149 cm³/mol. The number of hydrogen-bond acceptors (Lipinski definition) is 6. The Morgan fingerprint density at radius 3 is 2.50 bits per heavy atom. The summed E-state index contributed by atoms with van der Waals surface area (Å²) in [5.74, 6) is 0.262. The molecule has 3 heterocycles. The van der Waals surface area contributed by atoms with E-state index >= 15 is 0 Å². The zero-order valence-electron chi connectivity index (χ0n) is 21.5. The number of anilines is 1. The van der Waals surface area contributed by atoms with Crippen LogP contribution in [0.3, 0.4) is 0 Å². The first kappa shape index (κ1) is 24.9. The highest BCUT2D eigenvalue weighted by atomic mass is 16.3. The van der Waals surface area contributed by atoms with Crippen LogP contribution in [0.5, 0.6) is 0 Å². The molecule has 5 rings (SSSR count). The third-order valence-corrected chi connectivity index (χ3v) is 6.49. The Balaban J connectivity index is 1.50. The number of fused-ring (bicyclic) bond motifs is 1. The maximum absolute atomic E-state index is 13.4. The molecule has 1 atom stereocenters. The van der Waals surface area contributed by atoms with E-state index in [1.165, 1.54) is 0 Å². The quantitative estimate of drug-likeness (QED) is 0.283. The van der Waals surface area contributed by atoms with Crippen molar-refractivity contribution in [1.82, 2.24) is 15.3 Å². The van der Waals surface area contributed by atoms with Gasteiger partial charge in [0, 0.05) is 41.8 Å².